The first-order chi connectivity index (χ1) is 18.0. The highest BCUT2D eigenvalue weighted by atomic mass is 19.2. The summed E-state index contributed by atoms with van der Waals surface area (Å²) in [7, 11) is 0. The number of hydrogen-bond donors (Lipinski definition) is 0. The molecule has 1 fully saturated rings. The van der Waals surface area contributed by atoms with Gasteiger partial charge in [0.05, 0.1) is 0 Å². The molecule has 0 bridgehead atoms. The third kappa shape index (κ3) is 6.86. The van der Waals surface area contributed by atoms with Crippen molar-refractivity contribution < 1.29 is 13.2 Å². The van der Waals surface area contributed by atoms with Crippen molar-refractivity contribution in [3.8, 4) is 22.3 Å². The Labute approximate surface area is 221 Å². The minimum atomic E-state index is -0.788. The maximum atomic E-state index is 15.1. The van der Waals surface area contributed by atoms with E-state index in [0.717, 1.165) is 54.7 Å². The largest absolute Gasteiger partial charge is 0.207 e. The van der Waals surface area contributed by atoms with Crippen molar-refractivity contribution >= 4 is 0 Å². The SMILES string of the molecule is CCCCCCCCc1ccc(-c2ccc(-c3ccc(C4CCC(CC)CC4)c(F)c3)cc2)c(F)c1F. The molecule has 0 amide bonds. The first kappa shape index (κ1) is 27.5. The van der Waals surface area contributed by atoms with Crippen LogP contribution in [0.2, 0.25) is 0 Å². The summed E-state index contributed by atoms with van der Waals surface area (Å²) in [5.74, 6) is -0.575. The molecule has 1 saturated carbocycles. The molecule has 1 aliphatic rings. The predicted octanol–water partition coefficient (Wildman–Crippen LogP) is 11.0. The Morgan fingerprint density at radius 3 is 1.97 bits per heavy atom. The molecular formula is C34H41F3. The summed E-state index contributed by atoms with van der Waals surface area (Å²) in [5.41, 5.74) is 3.83. The minimum Gasteiger partial charge on any atom is -0.207 e. The summed E-state index contributed by atoms with van der Waals surface area (Å²) in [6, 6.07) is 16.2. The zero-order valence-corrected chi connectivity index (χ0v) is 22.5. The summed E-state index contributed by atoms with van der Waals surface area (Å²) in [6.07, 6.45) is 13.0. The van der Waals surface area contributed by atoms with E-state index < -0.39 is 11.6 Å². The van der Waals surface area contributed by atoms with Gasteiger partial charge in [0, 0.05) is 5.56 Å². The van der Waals surface area contributed by atoms with E-state index in [1.54, 1.807) is 30.3 Å². The fourth-order valence-corrected chi connectivity index (χ4v) is 5.86. The van der Waals surface area contributed by atoms with Crippen molar-refractivity contribution in [1.82, 2.24) is 0 Å². The van der Waals surface area contributed by atoms with Gasteiger partial charge in [0.25, 0.3) is 0 Å². The molecule has 0 spiro atoms. The van der Waals surface area contributed by atoms with Crippen LogP contribution in [0.1, 0.15) is 102 Å². The lowest BCUT2D eigenvalue weighted by Gasteiger charge is -2.28. The Hall–Kier alpha value is -2.55. The van der Waals surface area contributed by atoms with Crippen LogP contribution in [0.3, 0.4) is 0 Å². The maximum absolute atomic E-state index is 15.1. The number of aryl methyl sites for hydroxylation is 1. The van der Waals surface area contributed by atoms with Gasteiger partial charge in [-0.3, -0.25) is 0 Å². The van der Waals surface area contributed by atoms with Crippen LogP contribution in [0.5, 0.6) is 0 Å². The lowest BCUT2D eigenvalue weighted by atomic mass is 9.77. The molecule has 0 heterocycles. The molecular weight excluding hydrogens is 465 g/mol. The lowest BCUT2D eigenvalue weighted by Crippen LogP contribution is -2.13. The van der Waals surface area contributed by atoms with Crippen LogP contribution in [0.15, 0.2) is 54.6 Å². The Bertz CT molecular complexity index is 1140. The maximum Gasteiger partial charge on any atom is 0.166 e. The zero-order valence-electron chi connectivity index (χ0n) is 22.5. The van der Waals surface area contributed by atoms with Crippen molar-refractivity contribution in [2.24, 2.45) is 5.92 Å². The molecule has 37 heavy (non-hydrogen) atoms. The molecule has 0 radical (unpaired) electrons. The summed E-state index contributed by atoms with van der Waals surface area (Å²) in [5, 5.41) is 0. The second kappa shape index (κ2) is 13.3. The average molecular weight is 507 g/mol. The van der Waals surface area contributed by atoms with Crippen molar-refractivity contribution in [2.45, 2.75) is 96.8 Å². The highest BCUT2D eigenvalue weighted by Crippen LogP contribution is 2.39. The molecule has 0 saturated heterocycles. The van der Waals surface area contributed by atoms with Gasteiger partial charge in [0.2, 0.25) is 0 Å². The molecule has 0 aromatic heterocycles. The van der Waals surface area contributed by atoms with Gasteiger partial charge in [-0.15, -0.1) is 0 Å². The van der Waals surface area contributed by atoms with Gasteiger partial charge in [-0.05, 0) is 84.2 Å². The van der Waals surface area contributed by atoms with E-state index in [9.17, 15) is 8.78 Å². The van der Waals surface area contributed by atoms with Gasteiger partial charge in [0.1, 0.15) is 5.82 Å². The number of rotatable bonds is 11. The van der Waals surface area contributed by atoms with Crippen molar-refractivity contribution in [3.05, 3.63) is 83.2 Å². The standard InChI is InChI=1S/C34H41F3/c1-3-5-6-7-8-9-10-28-19-22-31(34(37)33(28)36)27-17-15-25(16-18-27)29-20-21-30(32(35)23-29)26-13-11-24(4-2)12-14-26/h15-24,26H,3-14H2,1-2H3. The summed E-state index contributed by atoms with van der Waals surface area (Å²) in [4.78, 5) is 0. The lowest BCUT2D eigenvalue weighted by molar-refractivity contribution is 0.314. The van der Waals surface area contributed by atoms with Crippen LogP contribution >= 0.6 is 0 Å². The Kier molecular flexibility index (Phi) is 9.88. The fraction of sp³-hybridized carbons (Fsp3) is 0.471. The van der Waals surface area contributed by atoms with Crippen LogP contribution in [0.25, 0.3) is 22.3 Å². The van der Waals surface area contributed by atoms with E-state index in [2.05, 4.69) is 13.8 Å². The second-order valence-electron chi connectivity index (χ2n) is 10.9. The third-order valence-electron chi connectivity index (χ3n) is 8.36. The first-order valence-corrected chi connectivity index (χ1v) is 14.4. The van der Waals surface area contributed by atoms with Crippen LogP contribution in [-0.2, 0) is 6.42 Å². The Balaban J connectivity index is 1.42. The van der Waals surface area contributed by atoms with Gasteiger partial charge in [0.15, 0.2) is 11.6 Å². The smallest absolute Gasteiger partial charge is 0.166 e. The summed E-state index contributed by atoms with van der Waals surface area (Å²) < 4.78 is 44.8. The van der Waals surface area contributed by atoms with E-state index in [4.69, 9.17) is 0 Å². The molecule has 0 nitrogen and oxygen atoms in total. The van der Waals surface area contributed by atoms with E-state index in [1.807, 2.05) is 24.3 Å². The minimum absolute atomic E-state index is 0.143. The van der Waals surface area contributed by atoms with Crippen LogP contribution in [0, 0.1) is 23.4 Å². The number of unbranched alkanes of at least 4 members (excludes halogenated alkanes) is 5. The van der Waals surface area contributed by atoms with Gasteiger partial charge < -0.3 is 0 Å². The van der Waals surface area contributed by atoms with Gasteiger partial charge >= 0.3 is 0 Å². The van der Waals surface area contributed by atoms with Crippen molar-refractivity contribution in [1.29, 1.82) is 0 Å². The van der Waals surface area contributed by atoms with E-state index >= 15 is 4.39 Å². The Morgan fingerprint density at radius 1 is 0.649 bits per heavy atom. The molecule has 1 aliphatic carbocycles. The van der Waals surface area contributed by atoms with Crippen LogP contribution in [0.4, 0.5) is 13.2 Å². The highest BCUT2D eigenvalue weighted by Gasteiger charge is 2.23. The second-order valence-corrected chi connectivity index (χ2v) is 10.9. The predicted molar refractivity (Wildman–Crippen MR) is 149 cm³/mol. The topological polar surface area (TPSA) is 0 Å². The molecule has 3 aromatic rings. The van der Waals surface area contributed by atoms with Gasteiger partial charge in [-0.2, -0.15) is 0 Å². The molecule has 3 heteroatoms. The van der Waals surface area contributed by atoms with Gasteiger partial charge in [-0.25, -0.2) is 13.2 Å². The molecule has 0 aliphatic heterocycles. The molecule has 0 N–H and O–H groups in total. The van der Waals surface area contributed by atoms with Crippen molar-refractivity contribution in [3.63, 3.8) is 0 Å². The summed E-state index contributed by atoms with van der Waals surface area (Å²) >= 11 is 0. The molecule has 4 rings (SSSR count). The van der Waals surface area contributed by atoms with E-state index in [1.165, 1.54) is 38.5 Å². The number of halogens is 3. The molecule has 0 unspecified atom stereocenters. The zero-order chi connectivity index (χ0) is 26.2. The van der Waals surface area contributed by atoms with Crippen LogP contribution < -0.4 is 0 Å². The fourth-order valence-electron chi connectivity index (χ4n) is 5.86. The average Bonchev–Trinajstić information content (AvgIpc) is 2.93. The van der Waals surface area contributed by atoms with Gasteiger partial charge in [-0.1, -0.05) is 101 Å². The van der Waals surface area contributed by atoms with E-state index in [-0.39, 0.29) is 11.4 Å². The molecule has 198 valence electrons. The first-order valence-electron chi connectivity index (χ1n) is 14.4. The quantitative estimate of drug-likeness (QED) is 0.227. The normalized spacial score (nSPS) is 17.8. The summed E-state index contributed by atoms with van der Waals surface area (Å²) in [6.45, 7) is 4.42. The monoisotopic (exact) mass is 506 g/mol. The highest BCUT2D eigenvalue weighted by molar-refractivity contribution is 5.71. The molecule has 3 aromatic carbocycles. The van der Waals surface area contributed by atoms with Crippen molar-refractivity contribution in [2.75, 3.05) is 0 Å². The third-order valence-corrected chi connectivity index (χ3v) is 8.36. The number of benzene rings is 3. The number of hydrogen-bond acceptors (Lipinski definition) is 0. The molecule has 0 atom stereocenters. The Morgan fingerprint density at radius 2 is 1.30 bits per heavy atom. The van der Waals surface area contributed by atoms with Crippen LogP contribution in [-0.4, -0.2) is 0 Å². The van der Waals surface area contributed by atoms with E-state index in [0.29, 0.717) is 23.5 Å².